The summed E-state index contributed by atoms with van der Waals surface area (Å²) in [6.07, 6.45) is 6.59. The number of hydrogen-bond acceptors (Lipinski definition) is 3. The summed E-state index contributed by atoms with van der Waals surface area (Å²) in [6.45, 7) is 9.12. The van der Waals surface area contributed by atoms with Crippen LogP contribution in [0.2, 0.25) is 0 Å². The third kappa shape index (κ3) is 2.17. The van der Waals surface area contributed by atoms with Gasteiger partial charge >= 0.3 is 0 Å². The van der Waals surface area contributed by atoms with Gasteiger partial charge in [0.25, 0.3) is 0 Å². The number of hydrogen-bond donors (Lipinski definition) is 1. The molecule has 3 rings (SSSR count). The summed E-state index contributed by atoms with van der Waals surface area (Å²) in [4.78, 5) is 7.27. The first-order valence-electron chi connectivity index (χ1n) is 8.03. The van der Waals surface area contributed by atoms with Gasteiger partial charge in [-0.2, -0.15) is 0 Å². The molecule has 1 atom stereocenters. The summed E-state index contributed by atoms with van der Waals surface area (Å²) >= 11 is 0. The molecule has 2 heterocycles. The number of piperidine rings is 1. The number of rotatable bonds is 2. The minimum atomic E-state index is 0.186. The zero-order chi connectivity index (χ0) is 14.3. The van der Waals surface area contributed by atoms with Gasteiger partial charge in [0.15, 0.2) is 0 Å². The second kappa shape index (κ2) is 5.12. The molecule has 0 aromatic carbocycles. The Morgan fingerprint density at radius 2 is 2.10 bits per heavy atom. The molecule has 2 aliphatic rings. The van der Waals surface area contributed by atoms with Crippen LogP contribution in [0.3, 0.4) is 0 Å². The van der Waals surface area contributed by atoms with E-state index in [0.29, 0.717) is 6.04 Å². The number of nitrogens with two attached hydrogens (primary N) is 1. The first-order chi connectivity index (χ1) is 9.55. The Bertz CT molecular complexity index is 487. The van der Waals surface area contributed by atoms with Crippen molar-refractivity contribution in [1.29, 1.82) is 0 Å². The predicted molar refractivity (Wildman–Crippen MR) is 82.6 cm³/mol. The van der Waals surface area contributed by atoms with Gasteiger partial charge in [-0.15, -0.1) is 0 Å². The first-order valence-corrected chi connectivity index (χ1v) is 8.03. The molecule has 3 nitrogen and oxygen atoms in total. The lowest BCUT2D eigenvalue weighted by Gasteiger charge is -2.43. The Labute approximate surface area is 122 Å². The number of likely N-dealkylation sites (tertiary alicyclic amines) is 1. The second-order valence-corrected chi connectivity index (χ2v) is 6.88. The number of nitrogens with zero attached hydrogens (tertiary/aromatic N) is 2. The fourth-order valence-corrected chi connectivity index (χ4v) is 3.91. The van der Waals surface area contributed by atoms with E-state index in [4.69, 9.17) is 10.7 Å². The molecule has 1 aliphatic carbocycles. The molecular weight excluding hydrogens is 246 g/mol. The molecule has 1 aromatic rings. The summed E-state index contributed by atoms with van der Waals surface area (Å²) in [5.41, 5.74) is 10.8. The highest BCUT2D eigenvalue weighted by Gasteiger charge is 2.46. The van der Waals surface area contributed by atoms with Gasteiger partial charge in [-0.3, -0.25) is 4.98 Å². The van der Waals surface area contributed by atoms with Crippen molar-refractivity contribution in [3.8, 4) is 0 Å². The van der Waals surface area contributed by atoms with Crippen LogP contribution in [-0.4, -0.2) is 29.0 Å². The van der Waals surface area contributed by atoms with Crippen molar-refractivity contribution in [3.05, 3.63) is 29.1 Å². The maximum Gasteiger partial charge on any atom is 0.0457 e. The van der Waals surface area contributed by atoms with Gasteiger partial charge in [-0.25, -0.2) is 0 Å². The number of fused-ring (bicyclic) bond motifs is 1. The van der Waals surface area contributed by atoms with Crippen molar-refractivity contribution < 1.29 is 0 Å². The van der Waals surface area contributed by atoms with Gasteiger partial charge in [0, 0.05) is 24.0 Å². The average Bonchev–Trinajstić information content (AvgIpc) is 2.72. The molecule has 1 aliphatic heterocycles. The maximum absolute atomic E-state index is 6.64. The Kier molecular flexibility index (Phi) is 3.59. The molecule has 0 saturated carbocycles. The van der Waals surface area contributed by atoms with E-state index in [2.05, 4.69) is 31.7 Å². The molecule has 2 N–H and O–H groups in total. The summed E-state index contributed by atoms with van der Waals surface area (Å²) < 4.78 is 0. The fourth-order valence-electron chi connectivity index (χ4n) is 3.91. The SMILES string of the molecule is CCc1cnc2c(c1)[C@@H](N)C1(CCN(C(C)C)CC1)C2. The van der Waals surface area contributed by atoms with Crippen molar-refractivity contribution in [3.63, 3.8) is 0 Å². The molecule has 20 heavy (non-hydrogen) atoms. The van der Waals surface area contributed by atoms with Crippen molar-refractivity contribution in [2.45, 2.75) is 58.5 Å². The van der Waals surface area contributed by atoms with E-state index in [1.54, 1.807) is 0 Å². The van der Waals surface area contributed by atoms with E-state index in [1.165, 1.54) is 42.8 Å². The zero-order valence-corrected chi connectivity index (χ0v) is 13.0. The van der Waals surface area contributed by atoms with Gasteiger partial charge < -0.3 is 10.6 Å². The molecule has 0 amide bonds. The molecule has 1 fully saturated rings. The van der Waals surface area contributed by atoms with E-state index < -0.39 is 0 Å². The van der Waals surface area contributed by atoms with Crippen LogP contribution in [-0.2, 0) is 12.8 Å². The topological polar surface area (TPSA) is 42.1 Å². The lowest BCUT2D eigenvalue weighted by Crippen LogP contribution is -2.46. The minimum absolute atomic E-state index is 0.186. The fraction of sp³-hybridized carbons (Fsp3) is 0.706. The number of aryl methyl sites for hydroxylation is 1. The van der Waals surface area contributed by atoms with E-state index >= 15 is 0 Å². The molecule has 1 aromatic heterocycles. The molecule has 0 unspecified atom stereocenters. The molecule has 3 heteroatoms. The lowest BCUT2D eigenvalue weighted by atomic mass is 9.73. The molecule has 0 bridgehead atoms. The summed E-state index contributed by atoms with van der Waals surface area (Å²) in [5, 5.41) is 0. The Hall–Kier alpha value is -0.930. The normalized spacial score (nSPS) is 25.4. The molecule has 1 spiro atoms. The second-order valence-electron chi connectivity index (χ2n) is 6.88. The monoisotopic (exact) mass is 273 g/mol. The van der Waals surface area contributed by atoms with E-state index in [-0.39, 0.29) is 11.5 Å². The zero-order valence-electron chi connectivity index (χ0n) is 13.0. The van der Waals surface area contributed by atoms with Gasteiger partial charge in [-0.1, -0.05) is 13.0 Å². The first kappa shape index (κ1) is 14.0. The summed E-state index contributed by atoms with van der Waals surface area (Å²) in [7, 11) is 0. The Morgan fingerprint density at radius 1 is 1.40 bits per heavy atom. The highest BCUT2D eigenvalue weighted by molar-refractivity contribution is 5.36. The van der Waals surface area contributed by atoms with Crippen molar-refractivity contribution in [2.75, 3.05) is 13.1 Å². The minimum Gasteiger partial charge on any atom is -0.323 e. The standard InChI is InChI=1S/C17H27N3/c1-4-13-9-14-15(19-11-13)10-17(16(14)18)5-7-20(8-6-17)12(2)3/h9,11-12,16H,4-8,10,18H2,1-3H3/t16-/m1/s1. The third-order valence-electron chi connectivity index (χ3n) is 5.51. The van der Waals surface area contributed by atoms with E-state index in [0.717, 1.165) is 12.8 Å². The number of aromatic nitrogens is 1. The Morgan fingerprint density at radius 3 is 2.70 bits per heavy atom. The average molecular weight is 273 g/mol. The largest absolute Gasteiger partial charge is 0.323 e. The van der Waals surface area contributed by atoms with E-state index in [9.17, 15) is 0 Å². The van der Waals surface area contributed by atoms with Crippen molar-refractivity contribution >= 4 is 0 Å². The lowest BCUT2D eigenvalue weighted by molar-refractivity contribution is 0.0708. The molecule has 1 saturated heterocycles. The molecular formula is C17H27N3. The predicted octanol–water partition coefficient (Wildman–Crippen LogP) is 2.69. The third-order valence-corrected chi connectivity index (χ3v) is 5.51. The Balaban J connectivity index is 1.81. The van der Waals surface area contributed by atoms with Gasteiger partial charge in [0.05, 0.1) is 0 Å². The van der Waals surface area contributed by atoms with Crippen molar-refractivity contribution in [1.82, 2.24) is 9.88 Å². The quantitative estimate of drug-likeness (QED) is 0.901. The van der Waals surface area contributed by atoms with Crippen LogP contribution in [0, 0.1) is 5.41 Å². The van der Waals surface area contributed by atoms with Crippen LogP contribution in [0.1, 0.15) is 56.5 Å². The van der Waals surface area contributed by atoms with Crippen LogP contribution in [0.4, 0.5) is 0 Å². The van der Waals surface area contributed by atoms with Gasteiger partial charge in [-0.05, 0) is 69.2 Å². The van der Waals surface area contributed by atoms with Crippen LogP contribution in [0.5, 0.6) is 0 Å². The van der Waals surface area contributed by atoms with Crippen LogP contribution in [0.15, 0.2) is 12.3 Å². The highest BCUT2D eigenvalue weighted by Crippen LogP contribution is 2.50. The van der Waals surface area contributed by atoms with Gasteiger partial charge in [0.1, 0.15) is 0 Å². The van der Waals surface area contributed by atoms with E-state index in [1.807, 2.05) is 6.20 Å². The maximum atomic E-state index is 6.64. The molecule has 110 valence electrons. The van der Waals surface area contributed by atoms with Crippen molar-refractivity contribution in [2.24, 2.45) is 11.1 Å². The summed E-state index contributed by atoms with van der Waals surface area (Å²) in [5.74, 6) is 0. The smallest absolute Gasteiger partial charge is 0.0457 e. The summed E-state index contributed by atoms with van der Waals surface area (Å²) in [6, 6.07) is 3.14. The molecule has 0 radical (unpaired) electrons. The van der Waals surface area contributed by atoms with Gasteiger partial charge in [0.2, 0.25) is 0 Å². The number of pyridine rings is 1. The van der Waals surface area contributed by atoms with Crippen LogP contribution in [0.25, 0.3) is 0 Å². The highest BCUT2D eigenvalue weighted by atomic mass is 15.2. The van der Waals surface area contributed by atoms with Crippen LogP contribution >= 0.6 is 0 Å². The van der Waals surface area contributed by atoms with Crippen LogP contribution < -0.4 is 5.73 Å².